The standard InChI is InChI=1S/C24H19NO4/c1-13-5-3-7-17-16(13)8-9-18-20(17)21(26)23(19-14(2)12-28-22(18)19)29-24(27)15-6-4-10-25-11-15/h3-11,14,26H,12H2,1-2H3. The Morgan fingerprint density at radius 3 is 2.76 bits per heavy atom. The number of benzene rings is 3. The van der Waals surface area contributed by atoms with Crippen LogP contribution < -0.4 is 9.47 Å². The molecular formula is C24H19NO4. The van der Waals surface area contributed by atoms with E-state index in [1.807, 2.05) is 44.2 Å². The van der Waals surface area contributed by atoms with E-state index in [0.29, 0.717) is 23.3 Å². The fourth-order valence-electron chi connectivity index (χ4n) is 4.08. The number of esters is 1. The summed E-state index contributed by atoms with van der Waals surface area (Å²) >= 11 is 0. The van der Waals surface area contributed by atoms with E-state index in [1.54, 1.807) is 18.3 Å². The number of carbonyl (C=O) groups excluding carboxylic acids is 1. The van der Waals surface area contributed by atoms with Gasteiger partial charge >= 0.3 is 5.97 Å². The number of nitrogens with zero attached hydrogens (tertiary/aromatic N) is 1. The number of hydrogen-bond donors (Lipinski definition) is 1. The van der Waals surface area contributed by atoms with Gasteiger partial charge < -0.3 is 14.6 Å². The molecule has 5 heteroatoms. The lowest BCUT2D eigenvalue weighted by atomic mass is 9.93. The Bertz CT molecular complexity index is 1280. The van der Waals surface area contributed by atoms with Crippen molar-refractivity contribution in [1.29, 1.82) is 0 Å². The van der Waals surface area contributed by atoms with Gasteiger partial charge in [-0.25, -0.2) is 4.79 Å². The smallest absolute Gasteiger partial charge is 0.345 e. The van der Waals surface area contributed by atoms with Crippen molar-refractivity contribution in [3.63, 3.8) is 0 Å². The number of ether oxygens (including phenoxy) is 2. The van der Waals surface area contributed by atoms with E-state index >= 15 is 0 Å². The van der Waals surface area contributed by atoms with Gasteiger partial charge in [0.15, 0.2) is 11.5 Å². The van der Waals surface area contributed by atoms with E-state index in [-0.39, 0.29) is 17.4 Å². The van der Waals surface area contributed by atoms with Crippen LogP contribution in [0.4, 0.5) is 0 Å². The molecule has 5 nitrogen and oxygen atoms in total. The molecule has 1 aliphatic rings. The Balaban J connectivity index is 1.80. The number of pyridine rings is 1. The van der Waals surface area contributed by atoms with Crippen LogP contribution in [0.2, 0.25) is 0 Å². The minimum Gasteiger partial charge on any atom is -0.504 e. The van der Waals surface area contributed by atoms with Gasteiger partial charge in [0, 0.05) is 34.6 Å². The van der Waals surface area contributed by atoms with Gasteiger partial charge in [0.1, 0.15) is 5.75 Å². The summed E-state index contributed by atoms with van der Waals surface area (Å²) in [5.41, 5.74) is 2.15. The zero-order valence-electron chi connectivity index (χ0n) is 16.1. The number of hydrogen-bond acceptors (Lipinski definition) is 5. The SMILES string of the molecule is Cc1cccc2c1ccc1c3c(c(OC(=O)c4cccnc4)c(O)c12)C(C)CO3. The van der Waals surface area contributed by atoms with Crippen molar-refractivity contribution < 1.29 is 19.4 Å². The summed E-state index contributed by atoms with van der Waals surface area (Å²) in [5.74, 6) is 0.225. The first-order valence-electron chi connectivity index (χ1n) is 9.52. The second kappa shape index (κ2) is 6.48. The molecule has 0 saturated heterocycles. The predicted octanol–water partition coefficient (Wildman–Crippen LogP) is 5.12. The van der Waals surface area contributed by atoms with E-state index < -0.39 is 5.97 Å². The normalized spacial score (nSPS) is 15.3. The Kier molecular flexibility index (Phi) is 3.91. The number of rotatable bonds is 2. The molecule has 1 unspecified atom stereocenters. The van der Waals surface area contributed by atoms with Crippen molar-refractivity contribution in [1.82, 2.24) is 4.98 Å². The Morgan fingerprint density at radius 2 is 1.97 bits per heavy atom. The third kappa shape index (κ3) is 2.62. The van der Waals surface area contributed by atoms with Gasteiger partial charge in [0.05, 0.1) is 12.2 Å². The van der Waals surface area contributed by atoms with Gasteiger partial charge in [0.2, 0.25) is 0 Å². The monoisotopic (exact) mass is 385 g/mol. The minimum atomic E-state index is -0.564. The number of phenolic OH excluding ortho intramolecular Hbond substituents is 1. The highest BCUT2D eigenvalue weighted by atomic mass is 16.5. The van der Waals surface area contributed by atoms with Crippen LogP contribution in [0.1, 0.15) is 34.3 Å². The second-order valence-electron chi connectivity index (χ2n) is 7.42. The van der Waals surface area contributed by atoms with Crippen LogP contribution in [0, 0.1) is 6.92 Å². The van der Waals surface area contributed by atoms with Gasteiger partial charge in [-0.15, -0.1) is 0 Å². The van der Waals surface area contributed by atoms with E-state index in [9.17, 15) is 9.90 Å². The number of fused-ring (bicyclic) bond motifs is 5. The maximum Gasteiger partial charge on any atom is 0.345 e. The zero-order valence-corrected chi connectivity index (χ0v) is 16.1. The van der Waals surface area contributed by atoms with Crippen LogP contribution >= 0.6 is 0 Å². The quantitative estimate of drug-likeness (QED) is 0.295. The summed E-state index contributed by atoms with van der Waals surface area (Å²) in [6.45, 7) is 4.49. The zero-order chi connectivity index (χ0) is 20.1. The number of aryl methyl sites for hydroxylation is 1. The molecule has 0 bridgehead atoms. The summed E-state index contributed by atoms with van der Waals surface area (Å²) in [4.78, 5) is 16.7. The summed E-state index contributed by atoms with van der Waals surface area (Å²) in [5, 5.41) is 14.6. The molecule has 1 atom stereocenters. The van der Waals surface area contributed by atoms with Crippen molar-refractivity contribution in [3.05, 3.63) is 71.5 Å². The summed E-state index contributed by atoms with van der Waals surface area (Å²) < 4.78 is 11.7. The maximum absolute atomic E-state index is 12.7. The van der Waals surface area contributed by atoms with Crippen molar-refractivity contribution >= 4 is 27.5 Å². The number of carbonyl (C=O) groups is 1. The number of aromatic nitrogens is 1. The van der Waals surface area contributed by atoms with E-state index in [1.165, 1.54) is 6.20 Å². The van der Waals surface area contributed by atoms with Gasteiger partial charge in [0.25, 0.3) is 0 Å². The van der Waals surface area contributed by atoms with E-state index in [0.717, 1.165) is 27.3 Å². The summed E-state index contributed by atoms with van der Waals surface area (Å²) in [6, 6.07) is 13.3. The van der Waals surface area contributed by atoms with Crippen molar-refractivity contribution in [2.24, 2.45) is 0 Å². The molecule has 0 fully saturated rings. The van der Waals surface area contributed by atoms with E-state index in [2.05, 4.69) is 4.98 Å². The fraction of sp³-hybridized carbons (Fsp3) is 0.167. The van der Waals surface area contributed by atoms with Crippen molar-refractivity contribution in [3.8, 4) is 17.2 Å². The lowest BCUT2D eigenvalue weighted by molar-refractivity contribution is 0.0728. The molecule has 5 rings (SSSR count). The molecule has 0 saturated carbocycles. The summed E-state index contributed by atoms with van der Waals surface area (Å²) in [6.07, 6.45) is 3.03. The van der Waals surface area contributed by atoms with E-state index in [4.69, 9.17) is 9.47 Å². The molecule has 2 heterocycles. The highest BCUT2D eigenvalue weighted by Gasteiger charge is 2.32. The second-order valence-corrected chi connectivity index (χ2v) is 7.42. The third-order valence-electron chi connectivity index (χ3n) is 5.53. The molecule has 144 valence electrons. The van der Waals surface area contributed by atoms with Gasteiger partial charge in [-0.05, 0) is 41.5 Å². The Hall–Kier alpha value is -3.60. The van der Waals surface area contributed by atoms with Gasteiger partial charge in [-0.1, -0.05) is 31.2 Å². The minimum absolute atomic E-state index is 0.00907. The molecule has 1 aliphatic heterocycles. The van der Waals surface area contributed by atoms with Crippen LogP contribution in [0.3, 0.4) is 0 Å². The first-order valence-corrected chi connectivity index (χ1v) is 9.52. The Labute approximate surface area is 167 Å². The number of aromatic hydroxyl groups is 1. The van der Waals surface area contributed by atoms with Crippen LogP contribution in [-0.2, 0) is 0 Å². The first-order chi connectivity index (χ1) is 14.1. The fourth-order valence-corrected chi connectivity index (χ4v) is 4.08. The third-order valence-corrected chi connectivity index (χ3v) is 5.53. The molecule has 0 spiro atoms. The topological polar surface area (TPSA) is 68.7 Å². The highest BCUT2D eigenvalue weighted by Crippen LogP contribution is 2.53. The lowest BCUT2D eigenvalue weighted by Gasteiger charge is -2.17. The van der Waals surface area contributed by atoms with Crippen LogP contribution in [-0.4, -0.2) is 22.7 Å². The molecule has 1 N–H and O–H groups in total. The molecule has 0 radical (unpaired) electrons. The maximum atomic E-state index is 12.7. The average molecular weight is 385 g/mol. The molecule has 1 aromatic heterocycles. The molecule has 0 amide bonds. The van der Waals surface area contributed by atoms with Crippen LogP contribution in [0.15, 0.2) is 54.9 Å². The molecule has 4 aromatic rings. The predicted molar refractivity (Wildman–Crippen MR) is 111 cm³/mol. The number of phenols is 1. The van der Waals surface area contributed by atoms with Crippen molar-refractivity contribution in [2.75, 3.05) is 6.61 Å². The highest BCUT2D eigenvalue weighted by molar-refractivity contribution is 6.15. The van der Waals surface area contributed by atoms with Gasteiger partial charge in [-0.3, -0.25) is 4.98 Å². The van der Waals surface area contributed by atoms with Crippen LogP contribution in [0.25, 0.3) is 21.5 Å². The lowest BCUT2D eigenvalue weighted by Crippen LogP contribution is -2.10. The van der Waals surface area contributed by atoms with Crippen LogP contribution in [0.5, 0.6) is 17.2 Å². The largest absolute Gasteiger partial charge is 0.504 e. The summed E-state index contributed by atoms with van der Waals surface area (Å²) in [7, 11) is 0. The molecule has 3 aromatic carbocycles. The molecular weight excluding hydrogens is 366 g/mol. The van der Waals surface area contributed by atoms with Crippen molar-refractivity contribution in [2.45, 2.75) is 19.8 Å². The molecule has 0 aliphatic carbocycles. The first kappa shape index (κ1) is 17.5. The average Bonchev–Trinajstić information content (AvgIpc) is 3.13. The van der Waals surface area contributed by atoms with Gasteiger partial charge in [-0.2, -0.15) is 0 Å². The Morgan fingerprint density at radius 1 is 1.14 bits per heavy atom. The molecule has 29 heavy (non-hydrogen) atoms.